The molecular weight excluding hydrogens is 286 g/mol. The molecule has 0 bridgehead atoms. The number of carbonyl (C=O) groups is 1. The van der Waals surface area contributed by atoms with E-state index in [2.05, 4.69) is 9.46 Å². The first kappa shape index (κ1) is 16.6. The van der Waals surface area contributed by atoms with E-state index >= 15 is 0 Å². The smallest absolute Gasteiger partial charge is 0.335 e. The van der Waals surface area contributed by atoms with Gasteiger partial charge in [-0.25, -0.2) is 17.9 Å². The van der Waals surface area contributed by atoms with Crippen LogP contribution < -0.4 is 4.72 Å². The van der Waals surface area contributed by atoms with Crippen molar-refractivity contribution in [1.82, 2.24) is 4.72 Å². The molecule has 3 N–H and O–H groups in total. The van der Waals surface area contributed by atoms with Crippen LogP contribution in [0, 0.1) is 6.92 Å². The Hall–Kier alpha value is -1.48. The van der Waals surface area contributed by atoms with Crippen LogP contribution in [0.1, 0.15) is 15.9 Å². The highest BCUT2D eigenvalue weighted by molar-refractivity contribution is 7.89. The minimum Gasteiger partial charge on any atom is -0.478 e. The fourth-order valence-electron chi connectivity index (χ4n) is 1.54. The maximum absolute atomic E-state index is 12.0. The molecule has 0 radical (unpaired) electrons. The molecule has 7 nitrogen and oxygen atoms in total. The van der Waals surface area contributed by atoms with Crippen molar-refractivity contribution in [2.75, 3.05) is 20.3 Å². The second-order valence-electron chi connectivity index (χ2n) is 4.24. The molecule has 112 valence electrons. The Labute approximate surface area is 117 Å². The number of aromatic carboxylic acids is 1. The number of nitrogens with one attached hydrogen (secondary N) is 1. The van der Waals surface area contributed by atoms with Crippen molar-refractivity contribution in [3.05, 3.63) is 29.3 Å². The average Bonchev–Trinajstić information content (AvgIpc) is 2.37. The first-order valence-corrected chi connectivity index (χ1v) is 7.27. The quantitative estimate of drug-likeness (QED) is 0.652. The van der Waals surface area contributed by atoms with Gasteiger partial charge < -0.3 is 14.9 Å². The predicted molar refractivity (Wildman–Crippen MR) is 71.2 cm³/mol. The van der Waals surface area contributed by atoms with Crippen molar-refractivity contribution in [2.45, 2.75) is 17.9 Å². The Morgan fingerprint density at radius 3 is 2.65 bits per heavy atom. The van der Waals surface area contributed by atoms with Crippen LogP contribution in [0.25, 0.3) is 0 Å². The molecule has 0 aromatic heterocycles. The molecule has 0 amide bonds. The Balaban J connectivity index is 2.93. The van der Waals surface area contributed by atoms with E-state index in [0.29, 0.717) is 5.56 Å². The number of hydrogen-bond acceptors (Lipinski definition) is 5. The van der Waals surface area contributed by atoms with Crippen LogP contribution in [0.5, 0.6) is 0 Å². The van der Waals surface area contributed by atoms with Gasteiger partial charge >= 0.3 is 5.97 Å². The van der Waals surface area contributed by atoms with Crippen LogP contribution >= 0.6 is 0 Å². The number of ether oxygens (including phenoxy) is 1. The minimum atomic E-state index is -3.88. The molecule has 1 unspecified atom stereocenters. The van der Waals surface area contributed by atoms with Gasteiger partial charge in [0.2, 0.25) is 10.0 Å². The lowest BCUT2D eigenvalue weighted by atomic mass is 10.1. The summed E-state index contributed by atoms with van der Waals surface area (Å²) in [6.45, 7) is 1.36. The summed E-state index contributed by atoms with van der Waals surface area (Å²) < 4.78 is 30.8. The highest BCUT2D eigenvalue weighted by Crippen LogP contribution is 2.15. The van der Waals surface area contributed by atoms with Gasteiger partial charge in [-0.15, -0.1) is 0 Å². The summed E-state index contributed by atoms with van der Waals surface area (Å²) in [5.74, 6) is -1.20. The summed E-state index contributed by atoms with van der Waals surface area (Å²) in [6.07, 6.45) is -0.973. The van der Waals surface area contributed by atoms with Crippen LogP contribution in [0.4, 0.5) is 0 Å². The monoisotopic (exact) mass is 303 g/mol. The van der Waals surface area contributed by atoms with Gasteiger partial charge in [0, 0.05) is 13.7 Å². The zero-order valence-electron chi connectivity index (χ0n) is 11.2. The standard InChI is InChI=1S/C12H17NO6S/c1-8-3-4-10(5-11(8)12(15)16)20(17,18)13-6-9(14)7-19-2/h3-5,9,13-14H,6-7H2,1-2H3,(H,15,16). The number of aliphatic hydroxyl groups is 1. The molecule has 0 spiro atoms. The predicted octanol–water partition coefficient (Wildman–Crippen LogP) is -0.0212. The van der Waals surface area contributed by atoms with Crippen molar-refractivity contribution in [3.8, 4) is 0 Å². The summed E-state index contributed by atoms with van der Waals surface area (Å²) in [4.78, 5) is 10.8. The van der Waals surface area contributed by atoms with Crippen molar-refractivity contribution in [1.29, 1.82) is 0 Å². The van der Waals surface area contributed by atoms with Crippen molar-refractivity contribution < 1.29 is 28.2 Å². The Morgan fingerprint density at radius 1 is 1.45 bits per heavy atom. The van der Waals surface area contributed by atoms with Gasteiger partial charge in [0.1, 0.15) is 0 Å². The van der Waals surface area contributed by atoms with Gasteiger partial charge in [0.25, 0.3) is 0 Å². The Kier molecular flexibility index (Phi) is 5.63. The average molecular weight is 303 g/mol. The number of methoxy groups -OCH3 is 1. The molecule has 1 atom stereocenters. The molecule has 1 aromatic rings. The van der Waals surface area contributed by atoms with Crippen LogP contribution in [-0.2, 0) is 14.8 Å². The third kappa shape index (κ3) is 4.27. The van der Waals surface area contributed by atoms with Gasteiger partial charge in [0.15, 0.2) is 0 Å². The first-order chi connectivity index (χ1) is 9.27. The van der Waals surface area contributed by atoms with Crippen LogP contribution in [0.15, 0.2) is 23.1 Å². The Bertz CT molecular complexity index is 584. The van der Waals surface area contributed by atoms with E-state index in [4.69, 9.17) is 5.11 Å². The van der Waals surface area contributed by atoms with Gasteiger partial charge in [0.05, 0.1) is 23.2 Å². The fourth-order valence-corrected chi connectivity index (χ4v) is 2.64. The van der Waals surface area contributed by atoms with Crippen molar-refractivity contribution in [2.24, 2.45) is 0 Å². The molecule has 8 heteroatoms. The summed E-state index contributed by atoms with van der Waals surface area (Å²) in [7, 11) is -2.49. The molecule has 0 saturated carbocycles. The minimum absolute atomic E-state index is 0.00318. The summed E-state index contributed by atoms with van der Waals surface area (Å²) in [5, 5.41) is 18.4. The fraction of sp³-hybridized carbons (Fsp3) is 0.417. The third-order valence-electron chi connectivity index (χ3n) is 2.62. The number of carboxylic acids is 1. The summed E-state index contributed by atoms with van der Waals surface area (Å²) in [6, 6.07) is 3.82. The van der Waals surface area contributed by atoms with E-state index in [1.165, 1.54) is 19.2 Å². The molecule has 0 fully saturated rings. The molecule has 0 aliphatic heterocycles. The molecule has 1 aromatic carbocycles. The van der Waals surface area contributed by atoms with E-state index in [1.807, 2.05) is 0 Å². The van der Waals surface area contributed by atoms with Gasteiger partial charge in [-0.3, -0.25) is 0 Å². The van der Waals surface area contributed by atoms with E-state index in [1.54, 1.807) is 6.92 Å². The van der Waals surface area contributed by atoms with Crippen LogP contribution in [0.3, 0.4) is 0 Å². The highest BCUT2D eigenvalue weighted by atomic mass is 32.2. The van der Waals surface area contributed by atoms with Crippen molar-refractivity contribution in [3.63, 3.8) is 0 Å². The lowest BCUT2D eigenvalue weighted by molar-refractivity contribution is 0.0678. The zero-order chi connectivity index (χ0) is 15.3. The lowest BCUT2D eigenvalue weighted by Crippen LogP contribution is -2.34. The molecule has 0 aliphatic carbocycles. The van der Waals surface area contributed by atoms with Gasteiger partial charge in [-0.1, -0.05) is 6.07 Å². The number of benzene rings is 1. The zero-order valence-corrected chi connectivity index (χ0v) is 12.0. The second-order valence-corrected chi connectivity index (χ2v) is 6.01. The maximum atomic E-state index is 12.0. The van der Waals surface area contributed by atoms with Gasteiger partial charge in [-0.05, 0) is 24.6 Å². The number of aliphatic hydroxyl groups excluding tert-OH is 1. The van der Waals surface area contributed by atoms with E-state index in [0.717, 1.165) is 6.07 Å². The first-order valence-electron chi connectivity index (χ1n) is 5.78. The van der Waals surface area contributed by atoms with Crippen LogP contribution in [0.2, 0.25) is 0 Å². The van der Waals surface area contributed by atoms with Crippen LogP contribution in [-0.4, -0.2) is 51.0 Å². The molecule has 1 rings (SSSR count). The van der Waals surface area contributed by atoms with E-state index in [9.17, 15) is 18.3 Å². The SMILES string of the molecule is COCC(O)CNS(=O)(=O)c1ccc(C)c(C(=O)O)c1. The number of rotatable bonds is 7. The molecule has 0 saturated heterocycles. The van der Waals surface area contributed by atoms with E-state index < -0.39 is 22.1 Å². The highest BCUT2D eigenvalue weighted by Gasteiger charge is 2.18. The topological polar surface area (TPSA) is 113 Å². The molecule has 20 heavy (non-hydrogen) atoms. The number of hydrogen-bond donors (Lipinski definition) is 3. The molecular formula is C12H17NO6S. The number of carboxylic acid groups (broad SMARTS) is 1. The number of aryl methyl sites for hydroxylation is 1. The Morgan fingerprint density at radius 2 is 2.10 bits per heavy atom. The molecule has 0 heterocycles. The largest absolute Gasteiger partial charge is 0.478 e. The third-order valence-corrected chi connectivity index (χ3v) is 4.04. The van der Waals surface area contributed by atoms with Crippen molar-refractivity contribution >= 4 is 16.0 Å². The second kappa shape index (κ2) is 6.80. The van der Waals surface area contributed by atoms with E-state index in [-0.39, 0.29) is 23.6 Å². The van der Waals surface area contributed by atoms with Gasteiger partial charge in [-0.2, -0.15) is 0 Å². The number of sulfonamides is 1. The maximum Gasteiger partial charge on any atom is 0.335 e. The lowest BCUT2D eigenvalue weighted by Gasteiger charge is -2.12. The molecule has 0 aliphatic rings. The summed E-state index contributed by atoms with van der Waals surface area (Å²) >= 11 is 0. The summed E-state index contributed by atoms with van der Waals surface area (Å²) in [5.41, 5.74) is 0.390. The normalized spacial score (nSPS) is 13.2.